The van der Waals surface area contributed by atoms with Crippen molar-refractivity contribution in [1.82, 2.24) is 0 Å². The average Bonchev–Trinajstić information content (AvgIpc) is 2.35. The Hall–Kier alpha value is -1.09. The zero-order valence-electron chi connectivity index (χ0n) is 10.8. The molecular formula is C14H21NOS. The molecule has 0 fully saturated rings. The lowest BCUT2D eigenvalue weighted by molar-refractivity contribution is 0.264. The first kappa shape index (κ1) is 14.0. The van der Waals surface area contributed by atoms with Gasteiger partial charge in [0.15, 0.2) is 0 Å². The van der Waals surface area contributed by atoms with Crippen molar-refractivity contribution in [1.29, 1.82) is 0 Å². The molecular weight excluding hydrogens is 230 g/mol. The number of hydrogen-bond donors (Lipinski definition) is 1. The number of thiocarbonyl (C=S) groups is 1. The maximum absolute atomic E-state index is 5.73. The summed E-state index contributed by atoms with van der Waals surface area (Å²) in [5.74, 6) is 1.42. The number of benzene rings is 1. The van der Waals surface area contributed by atoms with Gasteiger partial charge in [-0.15, -0.1) is 0 Å². The zero-order chi connectivity index (χ0) is 12.8. The molecule has 2 nitrogen and oxygen atoms in total. The monoisotopic (exact) mass is 251 g/mol. The van der Waals surface area contributed by atoms with E-state index >= 15 is 0 Å². The number of nitrogens with two attached hydrogens (primary N) is 1. The maximum Gasteiger partial charge on any atom is 0.148 e. The zero-order valence-corrected chi connectivity index (χ0v) is 11.6. The predicted octanol–water partition coefficient (Wildman–Crippen LogP) is 3.64. The van der Waals surface area contributed by atoms with Crippen LogP contribution in [0.3, 0.4) is 0 Å². The molecule has 2 unspecified atom stereocenters. The molecule has 17 heavy (non-hydrogen) atoms. The van der Waals surface area contributed by atoms with E-state index in [0.29, 0.717) is 10.9 Å². The van der Waals surface area contributed by atoms with Crippen molar-refractivity contribution in [2.75, 3.05) is 0 Å². The lowest BCUT2D eigenvalue weighted by Gasteiger charge is -2.17. The van der Waals surface area contributed by atoms with E-state index in [-0.39, 0.29) is 6.10 Å². The second-order valence-corrected chi connectivity index (χ2v) is 4.77. The molecule has 0 aliphatic carbocycles. The Balaban J connectivity index is 2.71. The third kappa shape index (κ3) is 4.00. The van der Waals surface area contributed by atoms with Crippen LogP contribution in [0.25, 0.3) is 0 Å². The van der Waals surface area contributed by atoms with E-state index in [2.05, 4.69) is 26.0 Å². The van der Waals surface area contributed by atoms with Crippen LogP contribution in [0.5, 0.6) is 5.75 Å². The average molecular weight is 251 g/mol. The molecule has 94 valence electrons. The minimum absolute atomic E-state index is 0.167. The van der Waals surface area contributed by atoms with E-state index in [9.17, 15) is 0 Å². The van der Waals surface area contributed by atoms with Gasteiger partial charge in [0.1, 0.15) is 16.8 Å². The summed E-state index contributed by atoms with van der Waals surface area (Å²) in [7, 11) is 0. The van der Waals surface area contributed by atoms with E-state index in [1.165, 1.54) is 5.56 Å². The summed E-state index contributed by atoms with van der Waals surface area (Å²) in [6.45, 7) is 6.42. The Morgan fingerprint density at radius 2 is 1.82 bits per heavy atom. The van der Waals surface area contributed by atoms with Crippen molar-refractivity contribution in [2.45, 2.75) is 45.6 Å². The molecule has 3 heteroatoms. The molecule has 0 heterocycles. The van der Waals surface area contributed by atoms with E-state index in [1.54, 1.807) is 0 Å². The first-order valence-electron chi connectivity index (χ1n) is 6.14. The van der Waals surface area contributed by atoms with Crippen LogP contribution in [-0.2, 0) is 0 Å². The molecule has 0 amide bonds. The smallest absolute Gasteiger partial charge is 0.148 e. The summed E-state index contributed by atoms with van der Waals surface area (Å²) in [4.78, 5) is 0.415. The lowest BCUT2D eigenvalue weighted by atomic mass is 9.99. The fraction of sp³-hybridized carbons (Fsp3) is 0.500. The molecule has 0 spiro atoms. The van der Waals surface area contributed by atoms with Gasteiger partial charge in [0.05, 0.1) is 0 Å². The highest BCUT2D eigenvalue weighted by Crippen LogP contribution is 2.22. The first-order chi connectivity index (χ1) is 8.08. The summed E-state index contributed by atoms with van der Waals surface area (Å²) in [6, 6.07) is 8.19. The van der Waals surface area contributed by atoms with Crippen LogP contribution in [0.15, 0.2) is 24.3 Å². The second kappa shape index (κ2) is 6.60. The summed E-state index contributed by atoms with van der Waals surface area (Å²) < 4.78 is 5.73. The fourth-order valence-electron chi connectivity index (χ4n) is 1.62. The van der Waals surface area contributed by atoms with Gasteiger partial charge in [0, 0.05) is 0 Å². The molecule has 0 saturated heterocycles. The van der Waals surface area contributed by atoms with Crippen molar-refractivity contribution in [2.24, 2.45) is 5.73 Å². The highest BCUT2D eigenvalue weighted by atomic mass is 32.1. The molecule has 0 bridgehead atoms. The molecule has 0 aliphatic heterocycles. The van der Waals surface area contributed by atoms with Gasteiger partial charge in [0.2, 0.25) is 0 Å². The number of rotatable bonds is 6. The Morgan fingerprint density at radius 1 is 1.24 bits per heavy atom. The van der Waals surface area contributed by atoms with Gasteiger partial charge in [-0.25, -0.2) is 0 Å². The Bertz CT molecular complexity index is 361. The van der Waals surface area contributed by atoms with Gasteiger partial charge in [-0.05, 0) is 36.5 Å². The Labute approximate surface area is 109 Å². The summed E-state index contributed by atoms with van der Waals surface area (Å²) >= 11 is 4.95. The van der Waals surface area contributed by atoms with Crippen molar-refractivity contribution in [3.05, 3.63) is 29.8 Å². The maximum atomic E-state index is 5.73. The van der Waals surface area contributed by atoms with Crippen molar-refractivity contribution < 1.29 is 4.74 Å². The van der Waals surface area contributed by atoms with Crippen LogP contribution in [0.4, 0.5) is 0 Å². The van der Waals surface area contributed by atoms with Crippen LogP contribution >= 0.6 is 12.2 Å². The summed E-state index contributed by atoms with van der Waals surface area (Å²) in [5, 5.41) is 0. The number of hydrogen-bond acceptors (Lipinski definition) is 2. The SMILES string of the molecule is CCC(Oc1ccc(C(C)CC)cc1)C(N)=S. The highest BCUT2D eigenvalue weighted by Gasteiger charge is 2.11. The quantitative estimate of drug-likeness (QED) is 0.784. The fourth-order valence-corrected chi connectivity index (χ4v) is 1.83. The molecule has 0 aliphatic rings. The minimum atomic E-state index is -0.167. The van der Waals surface area contributed by atoms with Crippen LogP contribution in [0.1, 0.15) is 45.1 Å². The van der Waals surface area contributed by atoms with Crippen molar-refractivity contribution >= 4 is 17.2 Å². The van der Waals surface area contributed by atoms with Gasteiger partial charge >= 0.3 is 0 Å². The lowest BCUT2D eigenvalue weighted by Crippen LogP contribution is -2.31. The van der Waals surface area contributed by atoms with Gasteiger partial charge in [-0.1, -0.05) is 45.1 Å². The molecule has 2 N–H and O–H groups in total. The Kier molecular flexibility index (Phi) is 5.42. The molecule has 0 saturated carbocycles. The molecule has 0 radical (unpaired) electrons. The Morgan fingerprint density at radius 3 is 2.24 bits per heavy atom. The second-order valence-electron chi connectivity index (χ2n) is 4.30. The predicted molar refractivity (Wildman–Crippen MR) is 76.6 cm³/mol. The molecule has 2 atom stereocenters. The van der Waals surface area contributed by atoms with Gasteiger partial charge < -0.3 is 10.5 Å². The largest absolute Gasteiger partial charge is 0.483 e. The van der Waals surface area contributed by atoms with E-state index in [1.807, 2.05) is 19.1 Å². The number of ether oxygens (including phenoxy) is 1. The summed E-state index contributed by atoms with van der Waals surface area (Å²) in [6.07, 6.45) is 1.77. The van der Waals surface area contributed by atoms with E-state index < -0.39 is 0 Å². The molecule has 1 aromatic rings. The first-order valence-corrected chi connectivity index (χ1v) is 6.55. The van der Waals surface area contributed by atoms with Crippen LogP contribution < -0.4 is 10.5 Å². The van der Waals surface area contributed by atoms with Crippen molar-refractivity contribution in [3.8, 4) is 5.75 Å². The summed E-state index contributed by atoms with van der Waals surface area (Å²) in [5.41, 5.74) is 6.94. The minimum Gasteiger partial charge on any atom is -0.483 e. The van der Waals surface area contributed by atoms with E-state index in [0.717, 1.165) is 18.6 Å². The van der Waals surface area contributed by atoms with Gasteiger partial charge in [-0.2, -0.15) is 0 Å². The van der Waals surface area contributed by atoms with Crippen LogP contribution in [0, 0.1) is 0 Å². The normalized spacial score (nSPS) is 14.1. The highest BCUT2D eigenvalue weighted by molar-refractivity contribution is 7.80. The van der Waals surface area contributed by atoms with Crippen LogP contribution in [0.2, 0.25) is 0 Å². The van der Waals surface area contributed by atoms with Crippen molar-refractivity contribution in [3.63, 3.8) is 0 Å². The third-order valence-corrected chi connectivity index (χ3v) is 3.29. The van der Waals surface area contributed by atoms with E-state index in [4.69, 9.17) is 22.7 Å². The third-order valence-electron chi connectivity index (χ3n) is 3.03. The van der Waals surface area contributed by atoms with Gasteiger partial charge in [-0.3, -0.25) is 0 Å². The molecule has 0 aromatic heterocycles. The standard InChI is InChI=1S/C14H21NOS/c1-4-10(3)11-6-8-12(9-7-11)16-13(5-2)14(15)17/h6-10,13H,4-5H2,1-3H3,(H2,15,17). The molecule has 1 aromatic carbocycles. The molecule has 1 rings (SSSR count). The topological polar surface area (TPSA) is 35.2 Å². The van der Waals surface area contributed by atoms with Gasteiger partial charge in [0.25, 0.3) is 0 Å². The van der Waals surface area contributed by atoms with Crippen LogP contribution in [-0.4, -0.2) is 11.1 Å².